The van der Waals surface area contributed by atoms with Crippen LogP contribution in [0, 0.1) is 5.92 Å². The van der Waals surface area contributed by atoms with E-state index in [1.807, 2.05) is 0 Å². The smallest absolute Gasteiger partial charge is 0.336 e. The lowest BCUT2D eigenvalue weighted by atomic mass is 9.75. The number of esters is 2. The Morgan fingerprint density at radius 1 is 1.28 bits per heavy atom. The number of hydrogen-bond donors (Lipinski definition) is 2. The number of nitrogens with one attached hydrogen (secondary N) is 2. The molecule has 2 heterocycles. The maximum absolute atomic E-state index is 13.1. The molecule has 2 unspecified atom stereocenters. The number of ether oxygens (including phenoxy) is 3. The molecular formula is C24H29ClN4O7. The zero-order chi connectivity index (χ0) is 26.2. The number of rotatable bonds is 9. The van der Waals surface area contributed by atoms with Gasteiger partial charge in [-0.2, -0.15) is 0 Å². The fourth-order valence-corrected chi connectivity index (χ4v) is 4.40. The molecule has 11 nitrogen and oxygen atoms in total. The Labute approximate surface area is 213 Å². The lowest BCUT2D eigenvalue weighted by molar-refractivity contribution is -0.144. The van der Waals surface area contributed by atoms with Gasteiger partial charge in [0.25, 0.3) is 0 Å². The van der Waals surface area contributed by atoms with Crippen molar-refractivity contribution in [1.82, 2.24) is 15.5 Å². The number of hydrogen-bond acceptors (Lipinski definition) is 8. The van der Waals surface area contributed by atoms with Crippen molar-refractivity contribution < 1.29 is 33.4 Å². The van der Waals surface area contributed by atoms with E-state index in [1.165, 1.54) is 7.11 Å². The molecular weight excluding hydrogens is 492 g/mol. The van der Waals surface area contributed by atoms with Gasteiger partial charge in [0.1, 0.15) is 5.92 Å². The molecule has 1 saturated heterocycles. The first-order valence-electron chi connectivity index (χ1n) is 11.5. The van der Waals surface area contributed by atoms with Crippen molar-refractivity contribution in [2.24, 2.45) is 10.9 Å². The number of urea groups is 2. The highest BCUT2D eigenvalue weighted by Gasteiger charge is 2.43. The minimum Gasteiger partial charge on any atom is -0.468 e. The molecule has 1 aromatic carbocycles. The van der Waals surface area contributed by atoms with E-state index in [1.54, 1.807) is 38.1 Å². The summed E-state index contributed by atoms with van der Waals surface area (Å²) in [7, 11) is 1.27. The molecule has 0 spiro atoms. The van der Waals surface area contributed by atoms with E-state index >= 15 is 0 Å². The Balaban J connectivity index is 1.83. The molecule has 36 heavy (non-hydrogen) atoms. The Hall–Kier alpha value is -3.44. The molecule has 4 amide bonds. The van der Waals surface area contributed by atoms with Gasteiger partial charge in [0.05, 0.1) is 38.2 Å². The van der Waals surface area contributed by atoms with Crippen LogP contribution in [0.1, 0.15) is 25.3 Å². The van der Waals surface area contributed by atoms with Gasteiger partial charge in [-0.3, -0.25) is 9.79 Å². The number of nitrogens with zero attached hydrogens (tertiary/aromatic N) is 2. The highest BCUT2D eigenvalue weighted by atomic mass is 35.5. The van der Waals surface area contributed by atoms with Crippen LogP contribution >= 0.6 is 11.6 Å². The van der Waals surface area contributed by atoms with Gasteiger partial charge in [-0.25, -0.2) is 19.3 Å². The first kappa shape index (κ1) is 27.2. The van der Waals surface area contributed by atoms with Crippen LogP contribution < -0.4 is 10.6 Å². The van der Waals surface area contributed by atoms with Gasteiger partial charge in [-0.15, -0.1) is 0 Å². The summed E-state index contributed by atoms with van der Waals surface area (Å²) in [5.74, 6) is -2.88. The predicted molar refractivity (Wildman–Crippen MR) is 131 cm³/mol. The zero-order valence-electron chi connectivity index (χ0n) is 20.3. The molecule has 3 rings (SSSR count). The Morgan fingerprint density at radius 2 is 2.03 bits per heavy atom. The Morgan fingerprint density at radius 3 is 2.67 bits per heavy atom. The highest BCUT2D eigenvalue weighted by molar-refractivity contribution is 6.31. The second kappa shape index (κ2) is 12.5. The van der Waals surface area contributed by atoms with Crippen molar-refractivity contribution in [1.29, 1.82) is 0 Å². The van der Waals surface area contributed by atoms with Crippen LogP contribution in [-0.2, 0) is 23.8 Å². The van der Waals surface area contributed by atoms with Gasteiger partial charge in [0.2, 0.25) is 0 Å². The third kappa shape index (κ3) is 6.03. The normalized spacial score (nSPS) is 19.5. The summed E-state index contributed by atoms with van der Waals surface area (Å²) in [6.07, 6.45) is 0. The van der Waals surface area contributed by atoms with Gasteiger partial charge in [-0.05, 0) is 25.5 Å². The van der Waals surface area contributed by atoms with Gasteiger partial charge in [0, 0.05) is 36.3 Å². The number of methoxy groups -OCH3 is 1. The quantitative estimate of drug-likeness (QED) is 0.376. The molecule has 194 valence electrons. The molecule has 0 aliphatic carbocycles. The Bertz CT molecular complexity index is 1090. The lowest BCUT2D eigenvalue weighted by Crippen LogP contribution is -2.43. The number of benzene rings is 1. The summed E-state index contributed by atoms with van der Waals surface area (Å²) < 4.78 is 16.0. The largest absolute Gasteiger partial charge is 0.468 e. The lowest BCUT2D eigenvalue weighted by Gasteiger charge is -2.32. The summed E-state index contributed by atoms with van der Waals surface area (Å²) in [6.45, 7) is 4.31. The summed E-state index contributed by atoms with van der Waals surface area (Å²) in [4.78, 5) is 55.1. The number of imide groups is 1. The molecule has 2 N–H and O–H groups in total. The standard InChI is InChI=1S/C24H29ClN4O7/c1-4-36-22(31)20-17(13-35-12-10-27-24(33)29-11-9-26-23(29)32)28-14(2)18(21(30)34-3)19(20)15-7-5-6-8-16(15)25/h5-8,18-19H,4,9-13H2,1-3H3,(H,26,32)(H,27,33). The number of aliphatic imine (C=N–C) groups is 1. The number of carbonyl (C=O) groups excluding carboxylic acids is 4. The second-order valence-corrected chi connectivity index (χ2v) is 8.41. The van der Waals surface area contributed by atoms with E-state index in [0.717, 1.165) is 4.90 Å². The van der Waals surface area contributed by atoms with Crippen LogP contribution in [-0.4, -0.2) is 81.2 Å². The fraction of sp³-hybridized carbons (Fsp3) is 0.458. The topological polar surface area (TPSA) is 136 Å². The molecule has 1 fully saturated rings. The molecule has 0 radical (unpaired) electrons. The van der Waals surface area contributed by atoms with Crippen LogP contribution in [0.15, 0.2) is 40.5 Å². The average molecular weight is 521 g/mol. The molecule has 1 aromatic rings. The summed E-state index contributed by atoms with van der Waals surface area (Å²) in [5.41, 5.74) is 1.44. The molecule has 0 bridgehead atoms. The van der Waals surface area contributed by atoms with Crippen molar-refractivity contribution in [3.8, 4) is 0 Å². The third-order valence-corrected chi connectivity index (χ3v) is 6.11. The minimum atomic E-state index is -0.885. The number of carbonyl (C=O) groups is 4. The SMILES string of the molecule is CCOC(=O)C1=C(COCCNC(=O)N2CCNC2=O)N=C(C)C(C(=O)OC)C1c1ccccc1Cl. The van der Waals surface area contributed by atoms with Crippen LogP contribution in [0.2, 0.25) is 5.02 Å². The number of halogens is 1. The van der Waals surface area contributed by atoms with Crippen molar-refractivity contribution >= 4 is 41.3 Å². The molecule has 2 atom stereocenters. The molecule has 0 saturated carbocycles. The Kier molecular flexibility index (Phi) is 9.43. The van der Waals surface area contributed by atoms with Gasteiger partial charge in [0.15, 0.2) is 0 Å². The third-order valence-electron chi connectivity index (χ3n) is 5.77. The fourth-order valence-electron chi connectivity index (χ4n) is 4.15. The monoisotopic (exact) mass is 520 g/mol. The van der Waals surface area contributed by atoms with Gasteiger partial charge in [-0.1, -0.05) is 29.8 Å². The van der Waals surface area contributed by atoms with E-state index in [4.69, 9.17) is 25.8 Å². The van der Waals surface area contributed by atoms with E-state index in [9.17, 15) is 19.2 Å². The van der Waals surface area contributed by atoms with Gasteiger partial charge < -0.3 is 24.8 Å². The van der Waals surface area contributed by atoms with Crippen molar-refractivity contribution in [2.75, 3.05) is 46.6 Å². The predicted octanol–water partition coefficient (Wildman–Crippen LogP) is 2.26. The average Bonchev–Trinajstić information content (AvgIpc) is 3.29. The molecule has 12 heteroatoms. The first-order chi connectivity index (χ1) is 17.3. The van der Waals surface area contributed by atoms with Crippen LogP contribution in [0.3, 0.4) is 0 Å². The minimum absolute atomic E-state index is 0.0829. The van der Waals surface area contributed by atoms with Gasteiger partial charge >= 0.3 is 24.0 Å². The van der Waals surface area contributed by atoms with Crippen LogP contribution in [0.4, 0.5) is 9.59 Å². The van der Waals surface area contributed by atoms with Crippen molar-refractivity contribution in [3.63, 3.8) is 0 Å². The first-order valence-corrected chi connectivity index (χ1v) is 11.9. The number of amides is 4. The summed E-state index contributed by atoms with van der Waals surface area (Å²) in [6, 6.07) is 5.96. The highest BCUT2D eigenvalue weighted by Crippen LogP contribution is 2.42. The van der Waals surface area contributed by atoms with Crippen molar-refractivity contribution in [3.05, 3.63) is 46.1 Å². The molecule has 2 aliphatic rings. The van der Waals surface area contributed by atoms with E-state index in [2.05, 4.69) is 15.6 Å². The van der Waals surface area contributed by atoms with Crippen molar-refractivity contribution in [2.45, 2.75) is 19.8 Å². The maximum Gasteiger partial charge on any atom is 0.336 e. The second-order valence-electron chi connectivity index (χ2n) is 8.00. The molecule has 2 aliphatic heterocycles. The van der Waals surface area contributed by atoms with Crippen LogP contribution in [0.5, 0.6) is 0 Å². The zero-order valence-corrected chi connectivity index (χ0v) is 21.1. The summed E-state index contributed by atoms with van der Waals surface area (Å²) in [5, 5.41) is 5.53. The van der Waals surface area contributed by atoms with Crippen LogP contribution in [0.25, 0.3) is 0 Å². The van der Waals surface area contributed by atoms with E-state index in [0.29, 0.717) is 35.1 Å². The summed E-state index contributed by atoms with van der Waals surface area (Å²) >= 11 is 6.48. The van der Waals surface area contributed by atoms with E-state index < -0.39 is 35.8 Å². The van der Waals surface area contributed by atoms with E-state index in [-0.39, 0.29) is 31.9 Å². The maximum atomic E-state index is 13.1. The molecule has 0 aromatic heterocycles.